The van der Waals surface area contributed by atoms with Gasteiger partial charge in [0.1, 0.15) is 11.4 Å². The van der Waals surface area contributed by atoms with Gasteiger partial charge in [0.2, 0.25) is 0 Å². The Hall–Kier alpha value is -2.16. The Morgan fingerprint density at radius 3 is 1.89 bits per heavy atom. The smallest absolute Gasteiger partial charge is 0.120 e. The molecule has 0 aromatic heterocycles. The lowest BCUT2D eigenvalue weighted by Gasteiger charge is -2.21. The average molecular weight is 256 g/mol. The molecule has 0 spiro atoms. The van der Waals surface area contributed by atoms with Gasteiger partial charge in [-0.3, -0.25) is 0 Å². The van der Waals surface area contributed by atoms with E-state index in [0.717, 1.165) is 16.9 Å². The van der Waals surface area contributed by atoms with Crippen LogP contribution < -0.4 is 16.2 Å². The molecule has 0 saturated heterocycles. The van der Waals surface area contributed by atoms with Gasteiger partial charge in [0.15, 0.2) is 0 Å². The lowest BCUT2D eigenvalue weighted by atomic mass is 10.0. The van der Waals surface area contributed by atoms with Crippen LogP contribution in [0.15, 0.2) is 42.5 Å². The Kier molecular flexibility index (Phi) is 3.38. The highest BCUT2D eigenvalue weighted by molar-refractivity contribution is 5.74. The molecule has 0 saturated carbocycles. The minimum atomic E-state index is -0.187. The van der Waals surface area contributed by atoms with Gasteiger partial charge in [-0.25, -0.2) is 0 Å². The van der Waals surface area contributed by atoms with Gasteiger partial charge in [-0.05, 0) is 56.2 Å². The third-order valence-electron chi connectivity index (χ3n) is 2.70. The molecule has 0 heterocycles. The van der Waals surface area contributed by atoms with E-state index in [1.807, 2.05) is 63.2 Å². The van der Waals surface area contributed by atoms with Crippen LogP contribution in [0.2, 0.25) is 0 Å². The molecule has 0 aliphatic carbocycles. The Morgan fingerprint density at radius 1 is 0.789 bits per heavy atom. The second-order valence-electron chi connectivity index (χ2n) is 5.58. The van der Waals surface area contributed by atoms with Crippen LogP contribution in [-0.4, -0.2) is 5.60 Å². The number of anilines is 2. The SMILES string of the molecule is CC(C)(C)Oc1ccc(-c2ccc(N)c(N)c2)cc1. The zero-order chi connectivity index (χ0) is 14.0. The number of ether oxygens (including phenoxy) is 1. The Labute approximate surface area is 114 Å². The fourth-order valence-corrected chi connectivity index (χ4v) is 1.82. The van der Waals surface area contributed by atoms with Crippen LogP contribution >= 0.6 is 0 Å². The minimum absolute atomic E-state index is 0.187. The summed E-state index contributed by atoms with van der Waals surface area (Å²) in [7, 11) is 0. The quantitative estimate of drug-likeness (QED) is 0.805. The first-order valence-electron chi connectivity index (χ1n) is 6.29. The van der Waals surface area contributed by atoms with Crippen molar-refractivity contribution in [3.05, 3.63) is 42.5 Å². The molecule has 0 fully saturated rings. The molecular weight excluding hydrogens is 236 g/mol. The summed E-state index contributed by atoms with van der Waals surface area (Å²) >= 11 is 0. The molecule has 0 bridgehead atoms. The summed E-state index contributed by atoms with van der Waals surface area (Å²) < 4.78 is 5.79. The van der Waals surface area contributed by atoms with Crippen molar-refractivity contribution in [2.45, 2.75) is 26.4 Å². The van der Waals surface area contributed by atoms with Crippen LogP contribution in [0.4, 0.5) is 11.4 Å². The van der Waals surface area contributed by atoms with E-state index in [-0.39, 0.29) is 5.60 Å². The lowest BCUT2D eigenvalue weighted by Crippen LogP contribution is -2.22. The summed E-state index contributed by atoms with van der Waals surface area (Å²) in [5.41, 5.74) is 14.7. The summed E-state index contributed by atoms with van der Waals surface area (Å²) in [6.45, 7) is 6.09. The molecule has 19 heavy (non-hydrogen) atoms. The molecule has 0 unspecified atom stereocenters. The second kappa shape index (κ2) is 4.84. The molecule has 0 radical (unpaired) electrons. The molecule has 2 aromatic carbocycles. The first-order chi connectivity index (χ1) is 8.85. The van der Waals surface area contributed by atoms with E-state index in [0.29, 0.717) is 11.4 Å². The van der Waals surface area contributed by atoms with Crippen LogP contribution in [0.1, 0.15) is 20.8 Å². The van der Waals surface area contributed by atoms with Crippen molar-refractivity contribution in [3.63, 3.8) is 0 Å². The normalized spacial score (nSPS) is 11.3. The van der Waals surface area contributed by atoms with Crippen molar-refractivity contribution in [1.29, 1.82) is 0 Å². The van der Waals surface area contributed by atoms with Crippen LogP contribution in [0.5, 0.6) is 5.75 Å². The number of hydrogen-bond acceptors (Lipinski definition) is 3. The van der Waals surface area contributed by atoms with Gasteiger partial charge in [0.25, 0.3) is 0 Å². The van der Waals surface area contributed by atoms with E-state index in [1.54, 1.807) is 0 Å². The molecular formula is C16H20N2O. The van der Waals surface area contributed by atoms with E-state index in [2.05, 4.69) is 0 Å². The highest BCUT2D eigenvalue weighted by atomic mass is 16.5. The minimum Gasteiger partial charge on any atom is -0.488 e. The molecule has 4 N–H and O–H groups in total. The third kappa shape index (κ3) is 3.41. The van der Waals surface area contributed by atoms with E-state index >= 15 is 0 Å². The van der Waals surface area contributed by atoms with Gasteiger partial charge in [-0.1, -0.05) is 18.2 Å². The summed E-state index contributed by atoms with van der Waals surface area (Å²) in [4.78, 5) is 0. The number of benzene rings is 2. The lowest BCUT2D eigenvalue weighted by molar-refractivity contribution is 0.131. The molecule has 3 heteroatoms. The van der Waals surface area contributed by atoms with Crippen LogP contribution in [-0.2, 0) is 0 Å². The van der Waals surface area contributed by atoms with Crippen molar-refractivity contribution in [3.8, 4) is 16.9 Å². The maximum absolute atomic E-state index is 5.82. The highest BCUT2D eigenvalue weighted by Crippen LogP contribution is 2.27. The molecule has 3 nitrogen and oxygen atoms in total. The standard InChI is InChI=1S/C16H20N2O/c1-16(2,3)19-13-7-4-11(5-8-13)12-6-9-14(17)15(18)10-12/h4-10H,17-18H2,1-3H3. The summed E-state index contributed by atoms with van der Waals surface area (Å²) in [6, 6.07) is 13.6. The van der Waals surface area contributed by atoms with Crippen molar-refractivity contribution in [2.75, 3.05) is 11.5 Å². The molecule has 0 atom stereocenters. The summed E-state index contributed by atoms with van der Waals surface area (Å²) in [6.07, 6.45) is 0. The largest absolute Gasteiger partial charge is 0.488 e. The number of hydrogen-bond donors (Lipinski definition) is 2. The van der Waals surface area contributed by atoms with Crippen LogP contribution in [0, 0.1) is 0 Å². The third-order valence-corrected chi connectivity index (χ3v) is 2.70. The first-order valence-corrected chi connectivity index (χ1v) is 6.29. The van der Waals surface area contributed by atoms with Gasteiger partial charge >= 0.3 is 0 Å². The fraction of sp³-hybridized carbons (Fsp3) is 0.250. The zero-order valence-electron chi connectivity index (χ0n) is 11.6. The Bertz CT molecular complexity index is 568. The summed E-state index contributed by atoms with van der Waals surface area (Å²) in [5.74, 6) is 0.861. The molecule has 2 aromatic rings. The highest BCUT2D eigenvalue weighted by Gasteiger charge is 2.11. The first kappa shape index (κ1) is 13.3. The van der Waals surface area contributed by atoms with Gasteiger partial charge < -0.3 is 16.2 Å². The topological polar surface area (TPSA) is 61.3 Å². The maximum Gasteiger partial charge on any atom is 0.120 e. The van der Waals surface area contributed by atoms with E-state index in [1.165, 1.54) is 0 Å². The molecule has 0 aliphatic rings. The van der Waals surface area contributed by atoms with Crippen molar-refractivity contribution in [1.82, 2.24) is 0 Å². The van der Waals surface area contributed by atoms with Crippen LogP contribution in [0.25, 0.3) is 11.1 Å². The van der Waals surface area contributed by atoms with E-state index in [4.69, 9.17) is 16.2 Å². The maximum atomic E-state index is 5.82. The predicted octanol–water partition coefficient (Wildman–Crippen LogP) is 3.70. The molecule has 0 amide bonds. The molecule has 2 rings (SSSR count). The molecule has 0 aliphatic heterocycles. The van der Waals surface area contributed by atoms with E-state index in [9.17, 15) is 0 Å². The Morgan fingerprint density at radius 2 is 1.37 bits per heavy atom. The number of rotatable bonds is 2. The predicted molar refractivity (Wildman–Crippen MR) is 81.1 cm³/mol. The van der Waals surface area contributed by atoms with E-state index < -0.39 is 0 Å². The van der Waals surface area contributed by atoms with Gasteiger partial charge in [-0.2, -0.15) is 0 Å². The zero-order valence-corrected chi connectivity index (χ0v) is 11.6. The monoisotopic (exact) mass is 256 g/mol. The number of nitrogens with two attached hydrogens (primary N) is 2. The number of nitrogen functional groups attached to an aromatic ring is 2. The van der Waals surface area contributed by atoms with Crippen molar-refractivity contribution >= 4 is 11.4 Å². The van der Waals surface area contributed by atoms with Crippen LogP contribution in [0.3, 0.4) is 0 Å². The van der Waals surface area contributed by atoms with Gasteiger partial charge in [-0.15, -0.1) is 0 Å². The van der Waals surface area contributed by atoms with Gasteiger partial charge in [0, 0.05) is 0 Å². The van der Waals surface area contributed by atoms with Gasteiger partial charge in [0.05, 0.1) is 11.4 Å². The Balaban J connectivity index is 2.25. The molecule has 100 valence electrons. The second-order valence-corrected chi connectivity index (χ2v) is 5.58. The summed E-state index contributed by atoms with van der Waals surface area (Å²) in [5, 5.41) is 0. The van der Waals surface area contributed by atoms with Crippen molar-refractivity contribution < 1.29 is 4.74 Å². The average Bonchev–Trinajstić information content (AvgIpc) is 2.32. The fourth-order valence-electron chi connectivity index (χ4n) is 1.82. The van der Waals surface area contributed by atoms with Crippen molar-refractivity contribution in [2.24, 2.45) is 0 Å².